The second kappa shape index (κ2) is 7.78. The molecule has 1 aliphatic rings. The van der Waals surface area contributed by atoms with Gasteiger partial charge in [0.1, 0.15) is 11.6 Å². The number of fused-ring (bicyclic) bond motifs is 1. The van der Waals surface area contributed by atoms with E-state index in [0.717, 1.165) is 54.8 Å². The van der Waals surface area contributed by atoms with Crippen molar-refractivity contribution in [3.8, 4) is 5.69 Å². The van der Waals surface area contributed by atoms with Gasteiger partial charge in [-0.25, -0.2) is 9.07 Å². The zero-order chi connectivity index (χ0) is 18.6. The number of furan rings is 1. The molecule has 0 saturated heterocycles. The van der Waals surface area contributed by atoms with Gasteiger partial charge in [0, 0.05) is 24.2 Å². The molecule has 0 atom stereocenters. The molecule has 1 amide bonds. The molecule has 27 heavy (non-hydrogen) atoms. The average molecular weight is 367 g/mol. The quantitative estimate of drug-likeness (QED) is 0.697. The van der Waals surface area contributed by atoms with Crippen molar-refractivity contribution in [2.75, 3.05) is 6.54 Å². The third-order valence-electron chi connectivity index (χ3n) is 4.95. The second-order valence-corrected chi connectivity index (χ2v) is 6.81. The first-order chi connectivity index (χ1) is 13.2. The predicted octanol–water partition coefficient (Wildman–Crippen LogP) is 3.85. The van der Waals surface area contributed by atoms with Gasteiger partial charge in [0.2, 0.25) is 0 Å². The fourth-order valence-corrected chi connectivity index (χ4v) is 3.59. The van der Waals surface area contributed by atoms with Crippen LogP contribution in [0.4, 0.5) is 4.39 Å². The lowest BCUT2D eigenvalue weighted by atomic mass is 10.1. The Morgan fingerprint density at radius 3 is 2.74 bits per heavy atom. The normalized spacial score (nSPS) is 13.8. The van der Waals surface area contributed by atoms with Gasteiger partial charge >= 0.3 is 0 Å². The van der Waals surface area contributed by atoms with E-state index in [9.17, 15) is 9.18 Å². The number of halogens is 1. The third kappa shape index (κ3) is 3.79. The van der Waals surface area contributed by atoms with Gasteiger partial charge in [0.15, 0.2) is 5.69 Å². The molecule has 0 aliphatic heterocycles. The molecule has 0 spiro atoms. The molecule has 2 aromatic heterocycles. The van der Waals surface area contributed by atoms with Crippen LogP contribution in [-0.4, -0.2) is 22.2 Å². The van der Waals surface area contributed by atoms with E-state index in [1.54, 1.807) is 18.4 Å². The van der Waals surface area contributed by atoms with Crippen LogP contribution in [-0.2, 0) is 19.3 Å². The van der Waals surface area contributed by atoms with Crippen molar-refractivity contribution in [3.63, 3.8) is 0 Å². The van der Waals surface area contributed by atoms with E-state index >= 15 is 0 Å². The van der Waals surface area contributed by atoms with Gasteiger partial charge in [-0.1, -0.05) is 6.42 Å². The highest BCUT2D eigenvalue weighted by molar-refractivity contribution is 5.94. The third-order valence-corrected chi connectivity index (χ3v) is 4.95. The van der Waals surface area contributed by atoms with Crippen LogP contribution < -0.4 is 5.32 Å². The number of amides is 1. The Bertz CT molecular complexity index is 914. The highest BCUT2D eigenvalue weighted by Gasteiger charge is 2.24. The lowest BCUT2D eigenvalue weighted by molar-refractivity contribution is 0.0947. The van der Waals surface area contributed by atoms with Crippen molar-refractivity contribution in [3.05, 3.63) is 71.2 Å². The first kappa shape index (κ1) is 17.5. The van der Waals surface area contributed by atoms with Gasteiger partial charge in [-0.15, -0.1) is 0 Å². The van der Waals surface area contributed by atoms with Gasteiger partial charge in [-0.05, 0) is 62.1 Å². The molecule has 0 fully saturated rings. The van der Waals surface area contributed by atoms with Crippen molar-refractivity contribution in [2.24, 2.45) is 0 Å². The number of carbonyl (C=O) groups is 1. The summed E-state index contributed by atoms with van der Waals surface area (Å²) in [5.74, 6) is 0.388. The van der Waals surface area contributed by atoms with Gasteiger partial charge in [0.05, 0.1) is 12.0 Å². The van der Waals surface area contributed by atoms with Crippen LogP contribution in [0, 0.1) is 5.82 Å². The molecule has 0 unspecified atom stereocenters. The molecule has 1 aliphatic carbocycles. The zero-order valence-electron chi connectivity index (χ0n) is 15.1. The maximum Gasteiger partial charge on any atom is 0.272 e. The summed E-state index contributed by atoms with van der Waals surface area (Å²) in [6, 6.07) is 9.97. The minimum Gasteiger partial charge on any atom is -0.469 e. The Labute approximate surface area is 157 Å². The molecule has 6 heteroatoms. The summed E-state index contributed by atoms with van der Waals surface area (Å²) in [6.07, 6.45) is 7.24. The number of benzene rings is 1. The lowest BCUT2D eigenvalue weighted by Crippen LogP contribution is -2.27. The second-order valence-electron chi connectivity index (χ2n) is 6.81. The van der Waals surface area contributed by atoms with Gasteiger partial charge in [-0.3, -0.25) is 4.79 Å². The molecular formula is C21H22FN3O2. The standard InChI is InChI=1S/C21H22FN3O2/c22-15-8-10-16(11-9-15)25-19-7-3-1-2-6-18(19)20(24-25)21(26)23-13-12-17-5-4-14-27-17/h4-5,8-11,14H,1-3,6-7,12-13H2,(H,23,26). The average Bonchev–Trinajstić information content (AvgIpc) is 3.24. The van der Waals surface area contributed by atoms with E-state index < -0.39 is 0 Å². The molecule has 3 aromatic rings. The minimum absolute atomic E-state index is 0.166. The maximum absolute atomic E-state index is 13.3. The highest BCUT2D eigenvalue weighted by atomic mass is 19.1. The molecule has 1 aromatic carbocycles. The largest absolute Gasteiger partial charge is 0.469 e. The van der Waals surface area contributed by atoms with Crippen LogP contribution >= 0.6 is 0 Å². The predicted molar refractivity (Wildman–Crippen MR) is 99.5 cm³/mol. The molecule has 0 bridgehead atoms. The first-order valence-corrected chi connectivity index (χ1v) is 9.39. The summed E-state index contributed by atoms with van der Waals surface area (Å²) in [5, 5.41) is 7.55. The SMILES string of the molecule is O=C(NCCc1ccco1)c1nn(-c2ccc(F)cc2)c2c1CCCCC2. The monoisotopic (exact) mass is 367 g/mol. The summed E-state index contributed by atoms with van der Waals surface area (Å²) in [7, 11) is 0. The van der Waals surface area contributed by atoms with Crippen molar-refractivity contribution in [1.29, 1.82) is 0 Å². The topological polar surface area (TPSA) is 60.1 Å². The van der Waals surface area contributed by atoms with E-state index in [1.165, 1.54) is 12.1 Å². The maximum atomic E-state index is 13.3. The molecule has 140 valence electrons. The Hall–Kier alpha value is -2.89. The number of carbonyl (C=O) groups excluding carboxylic acids is 1. The van der Waals surface area contributed by atoms with Crippen molar-refractivity contribution in [1.82, 2.24) is 15.1 Å². The van der Waals surface area contributed by atoms with Crippen LogP contribution in [0.1, 0.15) is 46.8 Å². The number of hydrogen-bond acceptors (Lipinski definition) is 3. The highest BCUT2D eigenvalue weighted by Crippen LogP contribution is 2.26. The lowest BCUT2D eigenvalue weighted by Gasteiger charge is -2.07. The van der Waals surface area contributed by atoms with Crippen LogP contribution in [0.5, 0.6) is 0 Å². The van der Waals surface area contributed by atoms with Gasteiger partial charge < -0.3 is 9.73 Å². The zero-order valence-corrected chi connectivity index (χ0v) is 15.1. The first-order valence-electron chi connectivity index (χ1n) is 9.39. The molecule has 2 heterocycles. The number of nitrogens with zero attached hydrogens (tertiary/aromatic N) is 2. The molecule has 1 N–H and O–H groups in total. The molecule has 0 radical (unpaired) electrons. The van der Waals surface area contributed by atoms with Crippen LogP contribution in [0.25, 0.3) is 5.69 Å². The van der Waals surface area contributed by atoms with Gasteiger partial charge in [0.25, 0.3) is 5.91 Å². The summed E-state index contributed by atoms with van der Waals surface area (Å²) >= 11 is 0. The molecule has 5 nitrogen and oxygen atoms in total. The summed E-state index contributed by atoms with van der Waals surface area (Å²) in [4.78, 5) is 12.8. The van der Waals surface area contributed by atoms with Crippen LogP contribution in [0.15, 0.2) is 47.1 Å². The molecular weight excluding hydrogens is 345 g/mol. The number of nitrogens with one attached hydrogen (secondary N) is 1. The van der Waals surface area contributed by atoms with Gasteiger partial charge in [-0.2, -0.15) is 5.10 Å². The van der Waals surface area contributed by atoms with E-state index in [4.69, 9.17) is 4.42 Å². The fourth-order valence-electron chi connectivity index (χ4n) is 3.59. The summed E-state index contributed by atoms with van der Waals surface area (Å²) < 4.78 is 20.4. The Balaban J connectivity index is 1.59. The minimum atomic E-state index is -0.284. The van der Waals surface area contributed by atoms with E-state index in [-0.39, 0.29) is 11.7 Å². The summed E-state index contributed by atoms with van der Waals surface area (Å²) in [6.45, 7) is 0.491. The number of aromatic nitrogens is 2. The molecule has 0 saturated carbocycles. The Morgan fingerprint density at radius 1 is 1.15 bits per heavy atom. The fraction of sp³-hybridized carbons (Fsp3) is 0.333. The van der Waals surface area contributed by atoms with E-state index in [1.807, 2.05) is 16.8 Å². The van der Waals surface area contributed by atoms with Crippen LogP contribution in [0.2, 0.25) is 0 Å². The van der Waals surface area contributed by atoms with E-state index in [0.29, 0.717) is 18.7 Å². The van der Waals surface area contributed by atoms with Crippen LogP contribution in [0.3, 0.4) is 0 Å². The number of hydrogen-bond donors (Lipinski definition) is 1. The summed E-state index contributed by atoms with van der Waals surface area (Å²) in [5.41, 5.74) is 3.35. The van der Waals surface area contributed by atoms with Crippen molar-refractivity contribution in [2.45, 2.75) is 38.5 Å². The molecule has 4 rings (SSSR count). The van der Waals surface area contributed by atoms with Crippen molar-refractivity contribution >= 4 is 5.91 Å². The smallest absolute Gasteiger partial charge is 0.272 e. The van der Waals surface area contributed by atoms with E-state index in [2.05, 4.69) is 10.4 Å². The number of rotatable bonds is 5. The Kier molecular flexibility index (Phi) is 5.05. The Morgan fingerprint density at radius 2 is 1.96 bits per heavy atom. The van der Waals surface area contributed by atoms with Crippen molar-refractivity contribution < 1.29 is 13.6 Å².